The quantitative estimate of drug-likeness (QED) is 0.924. The van der Waals surface area contributed by atoms with E-state index in [2.05, 4.69) is 22.2 Å². The van der Waals surface area contributed by atoms with Crippen LogP contribution in [0.5, 0.6) is 0 Å². The molecule has 0 aromatic carbocycles. The summed E-state index contributed by atoms with van der Waals surface area (Å²) >= 11 is 1.64. The molecule has 1 unspecified atom stereocenters. The van der Waals surface area contributed by atoms with Gasteiger partial charge in [-0.3, -0.25) is 4.79 Å². The van der Waals surface area contributed by atoms with Crippen LogP contribution in [-0.4, -0.2) is 20.4 Å². The number of aryl methyl sites for hydroxylation is 2. The van der Waals surface area contributed by atoms with Crippen molar-refractivity contribution >= 4 is 22.4 Å². The second-order valence-electron chi connectivity index (χ2n) is 5.69. The van der Waals surface area contributed by atoms with Gasteiger partial charge in [0.25, 0.3) is 0 Å². The number of hydrogen-bond donors (Lipinski definition) is 1. The van der Waals surface area contributed by atoms with Crippen LogP contribution in [0.2, 0.25) is 0 Å². The number of hydrogen-bond acceptors (Lipinski definition) is 4. The fraction of sp³-hybridized carbons (Fsp3) is 0.533. The Kier molecular flexibility index (Phi) is 4.34. The number of carbonyl (C=O) groups is 1. The zero-order chi connectivity index (χ0) is 14.7. The third-order valence-electron chi connectivity index (χ3n) is 3.81. The molecule has 1 amide bonds. The Morgan fingerprint density at radius 3 is 3.29 bits per heavy atom. The lowest BCUT2D eigenvalue weighted by molar-refractivity contribution is -0.116. The minimum atomic E-state index is 0.0502. The summed E-state index contributed by atoms with van der Waals surface area (Å²) in [5.41, 5.74) is 1.19. The number of anilines is 1. The van der Waals surface area contributed by atoms with Crippen LogP contribution in [0, 0.1) is 5.92 Å². The molecule has 0 fully saturated rings. The molecule has 0 saturated carbocycles. The van der Waals surface area contributed by atoms with Crippen molar-refractivity contribution in [1.29, 1.82) is 0 Å². The van der Waals surface area contributed by atoms with E-state index in [-0.39, 0.29) is 5.91 Å². The van der Waals surface area contributed by atoms with E-state index in [9.17, 15) is 4.79 Å². The van der Waals surface area contributed by atoms with Gasteiger partial charge in [0.1, 0.15) is 0 Å². The van der Waals surface area contributed by atoms with Crippen LogP contribution in [-0.2, 0) is 24.2 Å². The lowest BCUT2D eigenvalue weighted by Gasteiger charge is -2.15. The van der Waals surface area contributed by atoms with Gasteiger partial charge in [0.15, 0.2) is 5.13 Å². The van der Waals surface area contributed by atoms with Crippen LogP contribution in [0.3, 0.4) is 0 Å². The fourth-order valence-corrected chi connectivity index (χ4v) is 3.80. The predicted molar refractivity (Wildman–Crippen MR) is 83.4 cm³/mol. The standard InChI is InChI=1S/C15H20N4OS/c1-11-4-5-12-13(9-11)21-15(17-12)18-14(20)3-2-7-19-8-6-16-10-19/h6,8,10-11H,2-5,7,9H2,1H3,(H,17,18,20). The van der Waals surface area contributed by atoms with E-state index < -0.39 is 0 Å². The zero-order valence-electron chi connectivity index (χ0n) is 12.2. The van der Waals surface area contributed by atoms with E-state index in [1.807, 2.05) is 10.8 Å². The Labute approximate surface area is 128 Å². The number of carbonyl (C=O) groups excluding carboxylic acids is 1. The van der Waals surface area contributed by atoms with Crippen molar-refractivity contribution in [2.24, 2.45) is 5.92 Å². The van der Waals surface area contributed by atoms with Gasteiger partial charge in [-0.2, -0.15) is 0 Å². The van der Waals surface area contributed by atoms with Gasteiger partial charge in [-0.15, -0.1) is 11.3 Å². The second-order valence-corrected chi connectivity index (χ2v) is 6.77. The molecule has 0 bridgehead atoms. The van der Waals surface area contributed by atoms with E-state index in [0.717, 1.165) is 36.9 Å². The number of nitrogens with zero attached hydrogens (tertiary/aromatic N) is 3. The average molecular weight is 304 g/mol. The number of amides is 1. The molecular weight excluding hydrogens is 284 g/mol. The normalized spacial score (nSPS) is 17.5. The van der Waals surface area contributed by atoms with E-state index in [1.165, 1.54) is 17.0 Å². The summed E-state index contributed by atoms with van der Waals surface area (Å²) in [7, 11) is 0. The molecule has 1 aliphatic carbocycles. The van der Waals surface area contributed by atoms with Crippen LogP contribution >= 0.6 is 11.3 Å². The summed E-state index contributed by atoms with van der Waals surface area (Å²) in [6.45, 7) is 3.09. The fourth-order valence-electron chi connectivity index (χ4n) is 2.62. The highest BCUT2D eigenvalue weighted by molar-refractivity contribution is 7.15. The first-order valence-electron chi connectivity index (χ1n) is 7.45. The molecule has 1 aliphatic rings. The van der Waals surface area contributed by atoms with Gasteiger partial charge < -0.3 is 9.88 Å². The Morgan fingerprint density at radius 2 is 2.48 bits per heavy atom. The van der Waals surface area contributed by atoms with Crippen LogP contribution in [0.1, 0.15) is 36.8 Å². The Hall–Kier alpha value is -1.69. The summed E-state index contributed by atoms with van der Waals surface area (Å²) in [5, 5.41) is 3.70. The van der Waals surface area contributed by atoms with Crippen molar-refractivity contribution in [2.75, 3.05) is 5.32 Å². The average Bonchev–Trinajstić information content (AvgIpc) is 3.07. The summed E-state index contributed by atoms with van der Waals surface area (Å²) in [4.78, 5) is 21.8. The molecule has 6 heteroatoms. The maximum atomic E-state index is 11.9. The van der Waals surface area contributed by atoms with Gasteiger partial charge in [-0.25, -0.2) is 9.97 Å². The highest BCUT2D eigenvalue weighted by atomic mass is 32.1. The first-order valence-corrected chi connectivity index (χ1v) is 8.26. The van der Waals surface area contributed by atoms with E-state index in [4.69, 9.17) is 0 Å². The molecule has 2 aromatic heterocycles. The van der Waals surface area contributed by atoms with Crippen molar-refractivity contribution in [1.82, 2.24) is 14.5 Å². The third kappa shape index (κ3) is 3.69. The van der Waals surface area contributed by atoms with Gasteiger partial charge in [0.2, 0.25) is 5.91 Å². The second kappa shape index (κ2) is 6.39. The Balaban J connectivity index is 1.48. The van der Waals surface area contributed by atoms with Crippen LogP contribution in [0.15, 0.2) is 18.7 Å². The van der Waals surface area contributed by atoms with E-state index in [0.29, 0.717) is 6.42 Å². The molecule has 3 rings (SSSR count). The molecule has 0 saturated heterocycles. The van der Waals surface area contributed by atoms with Crippen LogP contribution < -0.4 is 5.32 Å². The third-order valence-corrected chi connectivity index (χ3v) is 4.85. The molecule has 1 atom stereocenters. The summed E-state index contributed by atoms with van der Waals surface area (Å²) in [6.07, 6.45) is 10.1. The molecule has 21 heavy (non-hydrogen) atoms. The summed E-state index contributed by atoms with van der Waals surface area (Å²) in [5.74, 6) is 0.783. The first kappa shape index (κ1) is 14.3. The number of fused-ring (bicyclic) bond motifs is 1. The molecule has 0 spiro atoms. The largest absolute Gasteiger partial charge is 0.337 e. The Morgan fingerprint density at radius 1 is 1.57 bits per heavy atom. The minimum Gasteiger partial charge on any atom is -0.337 e. The number of nitrogens with one attached hydrogen (secondary N) is 1. The van der Waals surface area contributed by atoms with Gasteiger partial charge in [0, 0.05) is 30.2 Å². The lowest BCUT2D eigenvalue weighted by atomic mass is 9.93. The molecule has 0 radical (unpaired) electrons. The number of rotatable bonds is 5. The number of imidazole rings is 1. The molecule has 0 aliphatic heterocycles. The first-order chi connectivity index (χ1) is 10.2. The predicted octanol–water partition coefficient (Wildman–Crippen LogP) is 2.88. The summed E-state index contributed by atoms with van der Waals surface area (Å²) < 4.78 is 1.98. The van der Waals surface area contributed by atoms with Gasteiger partial charge >= 0.3 is 0 Å². The number of thiazole rings is 1. The molecular formula is C15H20N4OS. The van der Waals surface area contributed by atoms with Gasteiger partial charge in [0.05, 0.1) is 12.0 Å². The topological polar surface area (TPSA) is 59.8 Å². The molecule has 2 aromatic rings. The molecule has 5 nitrogen and oxygen atoms in total. The smallest absolute Gasteiger partial charge is 0.226 e. The highest BCUT2D eigenvalue weighted by Gasteiger charge is 2.20. The monoisotopic (exact) mass is 304 g/mol. The van der Waals surface area contributed by atoms with Crippen molar-refractivity contribution in [3.8, 4) is 0 Å². The zero-order valence-corrected chi connectivity index (χ0v) is 13.0. The molecule has 1 N–H and O–H groups in total. The minimum absolute atomic E-state index is 0.0502. The van der Waals surface area contributed by atoms with Crippen LogP contribution in [0.25, 0.3) is 0 Å². The lowest BCUT2D eigenvalue weighted by Crippen LogP contribution is -2.12. The number of aromatic nitrogens is 3. The van der Waals surface area contributed by atoms with Crippen molar-refractivity contribution in [3.05, 3.63) is 29.3 Å². The SMILES string of the molecule is CC1CCc2nc(NC(=O)CCCn3ccnc3)sc2C1. The molecule has 112 valence electrons. The van der Waals surface area contributed by atoms with Crippen molar-refractivity contribution in [3.63, 3.8) is 0 Å². The van der Waals surface area contributed by atoms with Gasteiger partial charge in [-0.1, -0.05) is 6.92 Å². The van der Waals surface area contributed by atoms with E-state index in [1.54, 1.807) is 23.9 Å². The maximum absolute atomic E-state index is 11.9. The Bertz CT molecular complexity index is 605. The van der Waals surface area contributed by atoms with Crippen molar-refractivity contribution in [2.45, 2.75) is 45.6 Å². The molecule has 2 heterocycles. The van der Waals surface area contributed by atoms with Crippen molar-refractivity contribution < 1.29 is 4.79 Å². The maximum Gasteiger partial charge on any atom is 0.226 e. The highest BCUT2D eigenvalue weighted by Crippen LogP contribution is 2.32. The van der Waals surface area contributed by atoms with Crippen LogP contribution in [0.4, 0.5) is 5.13 Å². The summed E-state index contributed by atoms with van der Waals surface area (Å²) in [6, 6.07) is 0. The van der Waals surface area contributed by atoms with Gasteiger partial charge in [-0.05, 0) is 31.6 Å². The van der Waals surface area contributed by atoms with E-state index >= 15 is 0 Å².